The molecule has 1 heteroatoms. The van der Waals surface area contributed by atoms with Crippen molar-refractivity contribution in [3.8, 4) is 11.1 Å². The average molecular weight is 291 g/mol. The van der Waals surface area contributed by atoms with E-state index in [1.807, 2.05) is 0 Å². The Morgan fingerprint density at radius 2 is 1.55 bits per heavy atom. The fourth-order valence-corrected chi connectivity index (χ4v) is 4.47. The third-order valence-electron chi connectivity index (χ3n) is 5.75. The first-order valence-electron chi connectivity index (χ1n) is 8.60. The Bertz CT molecular complexity index is 678. The van der Waals surface area contributed by atoms with Crippen LogP contribution in [0.2, 0.25) is 0 Å². The Kier molecular flexibility index (Phi) is 3.54. The van der Waals surface area contributed by atoms with Crippen molar-refractivity contribution in [3.63, 3.8) is 0 Å². The summed E-state index contributed by atoms with van der Waals surface area (Å²) in [6.07, 6.45) is 6.50. The summed E-state index contributed by atoms with van der Waals surface area (Å²) in [5, 5.41) is 0. The zero-order valence-electron chi connectivity index (χ0n) is 13.7. The molecule has 1 saturated carbocycles. The van der Waals surface area contributed by atoms with E-state index < -0.39 is 0 Å². The molecule has 2 aliphatic rings. The van der Waals surface area contributed by atoms with Crippen LogP contribution in [-0.2, 0) is 6.42 Å². The SMILES string of the molecule is CN(C)C1CCC(c2cccc3c2Cc2ccccc2-3)CC1. The summed E-state index contributed by atoms with van der Waals surface area (Å²) in [5.74, 6) is 0.764. The number of fused-ring (bicyclic) bond motifs is 3. The maximum absolute atomic E-state index is 2.40. The zero-order chi connectivity index (χ0) is 15.1. The van der Waals surface area contributed by atoms with Crippen LogP contribution >= 0.6 is 0 Å². The van der Waals surface area contributed by atoms with Crippen molar-refractivity contribution in [1.29, 1.82) is 0 Å². The first-order valence-corrected chi connectivity index (χ1v) is 8.60. The lowest BCUT2D eigenvalue weighted by atomic mass is 9.79. The molecule has 0 aliphatic heterocycles. The van der Waals surface area contributed by atoms with Crippen LogP contribution in [0.25, 0.3) is 11.1 Å². The third-order valence-corrected chi connectivity index (χ3v) is 5.75. The Hall–Kier alpha value is -1.60. The van der Waals surface area contributed by atoms with E-state index in [4.69, 9.17) is 0 Å². The molecule has 0 saturated heterocycles. The van der Waals surface area contributed by atoms with Crippen molar-refractivity contribution in [3.05, 3.63) is 59.2 Å². The van der Waals surface area contributed by atoms with Crippen molar-refractivity contribution in [2.24, 2.45) is 0 Å². The standard InChI is InChI=1S/C21H25N/c1-22(2)17-12-10-15(11-13-17)18-8-5-9-20-19-7-4-3-6-16(19)14-21(18)20/h3-9,15,17H,10-14H2,1-2H3. The molecule has 2 aromatic rings. The van der Waals surface area contributed by atoms with Crippen LogP contribution in [0.3, 0.4) is 0 Å². The lowest BCUT2D eigenvalue weighted by molar-refractivity contribution is 0.216. The summed E-state index contributed by atoms with van der Waals surface area (Å²) in [6, 6.07) is 16.7. The molecule has 0 radical (unpaired) electrons. The van der Waals surface area contributed by atoms with Gasteiger partial charge in [0.15, 0.2) is 0 Å². The third kappa shape index (κ3) is 2.28. The van der Waals surface area contributed by atoms with Gasteiger partial charge in [-0.05, 0) is 79.9 Å². The molecule has 22 heavy (non-hydrogen) atoms. The molecule has 0 heterocycles. The molecule has 2 aliphatic carbocycles. The fourth-order valence-electron chi connectivity index (χ4n) is 4.47. The molecule has 1 fully saturated rings. The molecule has 0 bridgehead atoms. The minimum atomic E-state index is 0.764. The molecule has 1 nitrogen and oxygen atoms in total. The largest absolute Gasteiger partial charge is 0.306 e. The topological polar surface area (TPSA) is 3.24 Å². The van der Waals surface area contributed by atoms with Crippen molar-refractivity contribution < 1.29 is 0 Å². The number of nitrogens with zero attached hydrogens (tertiary/aromatic N) is 1. The predicted octanol–water partition coefficient (Wildman–Crippen LogP) is 4.85. The fraction of sp³-hybridized carbons (Fsp3) is 0.429. The molecule has 0 amide bonds. The van der Waals surface area contributed by atoms with Gasteiger partial charge in [-0.1, -0.05) is 42.5 Å². The van der Waals surface area contributed by atoms with Gasteiger partial charge in [-0.3, -0.25) is 0 Å². The monoisotopic (exact) mass is 291 g/mol. The van der Waals surface area contributed by atoms with Crippen LogP contribution in [0.5, 0.6) is 0 Å². The normalized spacial score (nSPS) is 23.4. The summed E-state index contributed by atoms with van der Waals surface area (Å²) < 4.78 is 0. The highest BCUT2D eigenvalue weighted by Gasteiger charge is 2.28. The summed E-state index contributed by atoms with van der Waals surface area (Å²) in [7, 11) is 4.45. The molecule has 0 atom stereocenters. The van der Waals surface area contributed by atoms with Gasteiger partial charge in [-0.15, -0.1) is 0 Å². The Labute approximate surface area is 134 Å². The molecular weight excluding hydrogens is 266 g/mol. The van der Waals surface area contributed by atoms with Gasteiger partial charge in [0.05, 0.1) is 0 Å². The molecule has 4 rings (SSSR count). The number of benzene rings is 2. The summed E-state index contributed by atoms with van der Waals surface area (Å²) >= 11 is 0. The second-order valence-electron chi connectivity index (χ2n) is 7.18. The Morgan fingerprint density at radius 1 is 0.818 bits per heavy atom. The van der Waals surface area contributed by atoms with Crippen LogP contribution in [-0.4, -0.2) is 25.0 Å². The maximum atomic E-state index is 2.40. The van der Waals surface area contributed by atoms with Crippen molar-refractivity contribution >= 4 is 0 Å². The van der Waals surface area contributed by atoms with Gasteiger partial charge in [0.1, 0.15) is 0 Å². The van der Waals surface area contributed by atoms with Crippen molar-refractivity contribution in [1.82, 2.24) is 4.90 Å². The minimum absolute atomic E-state index is 0.764. The number of hydrogen-bond donors (Lipinski definition) is 0. The zero-order valence-corrected chi connectivity index (χ0v) is 13.7. The Morgan fingerprint density at radius 3 is 2.32 bits per heavy atom. The van der Waals surface area contributed by atoms with E-state index in [0.717, 1.165) is 18.4 Å². The highest BCUT2D eigenvalue weighted by molar-refractivity contribution is 5.78. The van der Waals surface area contributed by atoms with Crippen LogP contribution in [0, 0.1) is 0 Å². The van der Waals surface area contributed by atoms with Gasteiger partial charge in [-0.25, -0.2) is 0 Å². The molecule has 0 unspecified atom stereocenters. The lowest BCUT2D eigenvalue weighted by Crippen LogP contribution is -2.31. The van der Waals surface area contributed by atoms with Gasteiger partial charge in [0, 0.05) is 6.04 Å². The van der Waals surface area contributed by atoms with E-state index in [2.05, 4.69) is 61.5 Å². The number of hydrogen-bond acceptors (Lipinski definition) is 1. The average Bonchev–Trinajstić information content (AvgIpc) is 2.93. The molecule has 114 valence electrons. The van der Waals surface area contributed by atoms with E-state index in [0.29, 0.717) is 0 Å². The molecule has 2 aromatic carbocycles. The Balaban J connectivity index is 1.63. The van der Waals surface area contributed by atoms with Crippen molar-refractivity contribution in [2.45, 2.75) is 44.1 Å². The lowest BCUT2D eigenvalue weighted by Gasteiger charge is -2.33. The van der Waals surface area contributed by atoms with Gasteiger partial charge in [0.2, 0.25) is 0 Å². The van der Waals surface area contributed by atoms with E-state index >= 15 is 0 Å². The second kappa shape index (κ2) is 5.55. The van der Waals surface area contributed by atoms with Crippen LogP contribution in [0.4, 0.5) is 0 Å². The van der Waals surface area contributed by atoms with Gasteiger partial charge < -0.3 is 4.90 Å². The van der Waals surface area contributed by atoms with Crippen LogP contribution in [0.1, 0.15) is 48.3 Å². The van der Waals surface area contributed by atoms with E-state index in [9.17, 15) is 0 Å². The first kappa shape index (κ1) is 14.0. The maximum Gasteiger partial charge on any atom is 0.00896 e. The molecule has 0 spiro atoms. The van der Waals surface area contributed by atoms with Gasteiger partial charge in [0.25, 0.3) is 0 Å². The van der Waals surface area contributed by atoms with E-state index in [-0.39, 0.29) is 0 Å². The van der Waals surface area contributed by atoms with Crippen LogP contribution in [0.15, 0.2) is 42.5 Å². The highest BCUT2D eigenvalue weighted by Crippen LogP contribution is 2.43. The van der Waals surface area contributed by atoms with E-state index in [1.165, 1.54) is 42.4 Å². The molecule has 0 N–H and O–H groups in total. The second-order valence-corrected chi connectivity index (χ2v) is 7.18. The van der Waals surface area contributed by atoms with Crippen LogP contribution < -0.4 is 0 Å². The summed E-state index contributed by atoms with van der Waals surface area (Å²) in [4.78, 5) is 2.40. The summed E-state index contributed by atoms with van der Waals surface area (Å²) in [6.45, 7) is 0. The quantitative estimate of drug-likeness (QED) is 0.652. The van der Waals surface area contributed by atoms with Gasteiger partial charge in [-0.2, -0.15) is 0 Å². The molecular formula is C21H25N. The van der Waals surface area contributed by atoms with E-state index in [1.54, 1.807) is 11.1 Å². The van der Waals surface area contributed by atoms with Gasteiger partial charge >= 0.3 is 0 Å². The smallest absolute Gasteiger partial charge is 0.00896 e. The molecule has 0 aromatic heterocycles. The first-order chi connectivity index (χ1) is 10.7. The minimum Gasteiger partial charge on any atom is -0.306 e. The predicted molar refractivity (Wildman–Crippen MR) is 93.4 cm³/mol. The summed E-state index contributed by atoms with van der Waals surface area (Å²) in [5.41, 5.74) is 7.69. The highest BCUT2D eigenvalue weighted by atomic mass is 15.1. The van der Waals surface area contributed by atoms with Crippen molar-refractivity contribution in [2.75, 3.05) is 14.1 Å². The number of rotatable bonds is 2.